The number of amides is 1. The van der Waals surface area contributed by atoms with E-state index in [1.807, 2.05) is 43.3 Å². The molecule has 2 aliphatic rings. The van der Waals surface area contributed by atoms with Gasteiger partial charge in [0.05, 0.1) is 38.0 Å². The lowest BCUT2D eigenvalue weighted by Gasteiger charge is -2.31. The lowest BCUT2D eigenvalue weighted by Crippen LogP contribution is -2.42. The first-order valence-electron chi connectivity index (χ1n) is 15.0. The average Bonchev–Trinajstić information content (AvgIpc) is 3.24. The molecule has 2 aromatic carbocycles. The summed E-state index contributed by atoms with van der Waals surface area (Å²) in [5.41, 5.74) is 2.20. The summed E-state index contributed by atoms with van der Waals surface area (Å²) in [5.74, 6) is 0.0398. The summed E-state index contributed by atoms with van der Waals surface area (Å²) in [4.78, 5) is 30.7. The van der Waals surface area contributed by atoms with E-state index >= 15 is 0 Å². The van der Waals surface area contributed by atoms with Crippen molar-refractivity contribution in [1.82, 2.24) is 9.80 Å². The molecule has 222 valence electrons. The van der Waals surface area contributed by atoms with Gasteiger partial charge in [-0.15, -0.1) is 0 Å². The number of rotatable bonds is 14. The maximum atomic E-state index is 13.5. The molecule has 41 heavy (non-hydrogen) atoms. The average molecular weight is 565 g/mol. The molecule has 4 rings (SSSR count). The summed E-state index contributed by atoms with van der Waals surface area (Å²) in [6.07, 6.45) is 5.22. The highest BCUT2D eigenvalue weighted by Gasteiger charge is 2.46. The third kappa shape index (κ3) is 7.68. The van der Waals surface area contributed by atoms with Gasteiger partial charge in [-0.3, -0.25) is 14.5 Å². The van der Waals surface area contributed by atoms with Gasteiger partial charge in [0.25, 0.3) is 11.7 Å². The molecule has 8 heteroatoms. The van der Waals surface area contributed by atoms with Crippen LogP contribution in [0, 0.1) is 6.92 Å². The Kier molecular flexibility index (Phi) is 11.2. The molecule has 8 nitrogen and oxygen atoms in total. The normalized spacial score (nSPS) is 19.1. The molecule has 2 fully saturated rings. The predicted octanol–water partition coefficient (Wildman–Crippen LogP) is 5.50. The number of benzene rings is 2. The molecule has 0 bridgehead atoms. The van der Waals surface area contributed by atoms with Crippen molar-refractivity contribution in [2.24, 2.45) is 0 Å². The van der Waals surface area contributed by atoms with Crippen molar-refractivity contribution in [3.05, 3.63) is 64.7 Å². The Morgan fingerprint density at radius 3 is 2.32 bits per heavy atom. The Bertz CT molecular complexity index is 1200. The number of likely N-dealkylation sites (tertiary alicyclic amines) is 1. The van der Waals surface area contributed by atoms with Gasteiger partial charge in [-0.2, -0.15) is 0 Å². The van der Waals surface area contributed by atoms with Crippen LogP contribution < -0.4 is 9.47 Å². The molecule has 1 unspecified atom stereocenters. The molecule has 2 aliphatic heterocycles. The van der Waals surface area contributed by atoms with Crippen molar-refractivity contribution in [2.75, 3.05) is 52.6 Å². The van der Waals surface area contributed by atoms with Crippen LogP contribution in [0.3, 0.4) is 0 Å². The number of unbranched alkanes of at least 4 members (excludes halogenated alkanes) is 3. The Labute approximate surface area is 243 Å². The molecule has 2 saturated heterocycles. The van der Waals surface area contributed by atoms with Crippen LogP contribution in [0.4, 0.5) is 0 Å². The highest BCUT2D eigenvalue weighted by Crippen LogP contribution is 2.40. The Hall–Kier alpha value is -3.36. The van der Waals surface area contributed by atoms with Gasteiger partial charge < -0.3 is 24.2 Å². The molecule has 0 radical (unpaired) electrons. The number of hydrogen-bond acceptors (Lipinski definition) is 7. The highest BCUT2D eigenvalue weighted by molar-refractivity contribution is 6.46. The fourth-order valence-corrected chi connectivity index (χ4v) is 5.26. The molecule has 1 N–H and O–H groups in total. The molecule has 1 amide bonds. The summed E-state index contributed by atoms with van der Waals surface area (Å²) >= 11 is 0. The largest absolute Gasteiger partial charge is 0.507 e. The number of carbonyl (C=O) groups excluding carboxylic acids is 2. The van der Waals surface area contributed by atoms with Gasteiger partial charge >= 0.3 is 0 Å². The summed E-state index contributed by atoms with van der Waals surface area (Å²) in [7, 11) is 0. The van der Waals surface area contributed by atoms with Gasteiger partial charge in [0, 0.05) is 31.7 Å². The number of aryl methyl sites for hydroxylation is 1. The van der Waals surface area contributed by atoms with Gasteiger partial charge in [0.1, 0.15) is 17.3 Å². The first kappa shape index (κ1) is 30.6. The maximum absolute atomic E-state index is 13.5. The molecule has 0 aromatic heterocycles. The number of hydrogen-bond donors (Lipinski definition) is 1. The van der Waals surface area contributed by atoms with Gasteiger partial charge in [-0.25, -0.2) is 0 Å². The van der Waals surface area contributed by atoms with Gasteiger partial charge in [-0.1, -0.05) is 45.2 Å². The van der Waals surface area contributed by atoms with Crippen LogP contribution in [0.1, 0.15) is 68.7 Å². The molecule has 1 atom stereocenters. The lowest BCUT2D eigenvalue weighted by atomic mass is 9.94. The predicted molar refractivity (Wildman–Crippen MR) is 159 cm³/mol. The molecule has 0 aliphatic carbocycles. The fraction of sp³-hybridized carbons (Fsp3) is 0.515. The molecular formula is C33H44N2O6. The molecule has 2 aromatic rings. The van der Waals surface area contributed by atoms with E-state index < -0.39 is 17.7 Å². The van der Waals surface area contributed by atoms with Gasteiger partial charge in [0.2, 0.25) is 0 Å². The standard InChI is InChI=1S/C33H44N2O6/c1-4-6-8-20-40-27-12-9-25(10-13-27)30-29(31(36)26-11-14-28(24(3)23-26)41-19-7-5-2)32(37)33(38)35(30)16-15-34-17-21-39-22-18-34/h9-14,23,30,36H,4-8,15-22H2,1-3H3/b31-29+. The third-order valence-corrected chi connectivity index (χ3v) is 7.72. The van der Waals surface area contributed by atoms with Crippen molar-refractivity contribution in [3.63, 3.8) is 0 Å². The van der Waals surface area contributed by atoms with E-state index in [1.54, 1.807) is 11.0 Å². The summed E-state index contributed by atoms with van der Waals surface area (Å²) in [6, 6.07) is 12.2. The topological polar surface area (TPSA) is 88.5 Å². The first-order valence-corrected chi connectivity index (χ1v) is 15.0. The van der Waals surface area contributed by atoms with Crippen molar-refractivity contribution >= 4 is 17.4 Å². The maximum Gasteiger partial charge on any atom is 0.295 e. The first-order chi connectivity index (χ1) is 19.9. The molecular weight excluding hydrogens is 520 g/mol. The molecule has 2 heterocycles. The van der Waals surface area contributed by atoms with E-state index in [2.05, 4.69) is 18.7 Å². The van der Waals surface area contributed by atoms with Crippen LogP contribution in [0.5, 0.6) is 11.5 Å². The van der Waals surface area contributed by atoms with E-state index in [9.17, 15) is 14.7 Å². The minimum absolute atomic E-state index is 0.104. The quantitative estimate of drug-likeness (QED) is 0.140. The summed E-state index contributed by atoms with van der Waals surface area (Å²) < 4.78 is 17.2. The number of aliphatic hydroxyl groups excluding tert-OH is 1. The number of ether oxygens (including phenoxy) is 3. The Balaban J connectivity index is 1.64. The summed E-state index contributed by atoms with van der Waals surface area (Å²) in [5, 5.41) is 11.5. The van der Waals surface area contributed by atoms with E-state index in [4.69, 9.17) is 14.2 Å². The lowest BCUT2D eigenvalue weighted by molar-refractivity contribution is -0.140. The minimum atomic E-state index is -0.703. The Morgan fingerprint density at radius 2 is 1.63 bits per heavy atom. The monoisotopic (exact) mass is 564 g/mol. The number of nitrogens with zero attached hydrogens (tertiary/aromatic N) is 2. The van der Waals surface area contributed by atoms with Crippen LogP contribution in [0.25, 0.3) is 5.76 Å². The summed E-state index contributed by atoms with van der Waals surface area (Å²) in [6.45, 7) is 11.3. The van der Waals surface area contributed by atoms with Crippen molar-refractivity contribution in [2.45, 2.75) is 58.9 Å². The number of Topliss-reactive ketones (excluding diaryl/α,β-unsaturated/α-hetero) is 1. The van der Waals surface area contributed by atoms with Crippen LogP contribution >= 0.6 is 0 Å². The number of carbonyl (C=O) groups is 2. The zero-order valence-corrected chi connectivity index (χ0v) is 24.7. The van der Waals surface area contributed by atoms with Crippen molar-refractivity contribution in [1.29, 1.82) is 0 Å². The zero-order valence-electron chi connectivity index (χ0n) is 24.7. The second-order valence-corrected chi connectivity index (χ2v) is 10.8. The van der Waals surface area contributed by atoms with Crippen LogP contribution in [0.2, 0.25) is 0 Å². The molecule has 0 saturated carbocycles. The zero-order chi connectivity index (χ0) is 29.2. The van der Waals surface area contributed by atoms with Crippen LogP contribution in [0.15, 0.2) is 48.0 Å². The third-order valence-electron chi connectivity index (χ3n) is 7.72. The minimum Gasteiger partial charge on any atom is -0.507 e. The SMILES string of the molecule is CCCCCOc1ccc(C2/C(=C(\O)c3ccc(OCCCC)c(C)c3)C(=O)C(=O)N2CCN2CCOCC2)cc1. The van der Waals surface area contributed by atoms with E-state index in [0.29, 0.717) is 45.1 Å². The van der Waals surface area contributed by atoms with Gasteiger partial charge in [-0.05, 0) is 61.2 Å². The molecule has 0 spiro atoms. The Morgan fingerprint density at radius 1 is 0.927 bits per heavy atom. The van der Waals surface area contributed by atoms with Crippen molar-refractivity contribution < 1.29 is 28.9 Å². The number of ketones is 1. The second kappa shape index (κ2) is 15.0. The highest BCUT2D eigenvalue weighted by atomic mass is 16.5. The van der Waals surface area contributed by atoms with E-state index in [0.717, 1.165) is 67.8 Å². The number of aliphatic hydroxyl groups is 1. The van der Waals surface area contributed by atoms with Crippen molar-refractivity contribution in [3.8, 4) is 11.5 Å². The van der Waals surface area contributed by atoms with Crippen LogP contribution in [-0.4, -0.2) is 79.2 Å². The second-order valence-electron chi connectivity index (χ2n) is 10.8. The van der Waals surface area contributed by atoms with E-state index in [-0.39, 0.29) is 11.3 Å². The fourth-order valence-electron chi connectivity index (χ4n) is 5.26. The van der Waals surface area contributed by atoms with Gasteiger partial charge in [0.15, 0.2) is 0 Å². The smallest absolute Gasteiger partial charge is 0.295 e. The van der Waals surface area contributed by atoms with E-state index in [1.165, 1.54) is 0 Å². The van der Waals surface area contributed by atoms with Crippen LogP contribution in [-0.2, 0) is 14.3 Å². The number of morpholine rings is 1.